The molecule has 0 bridgehead atoms. The zero-order valence-electron chi connectivity index (χ0n) is 11.4. The second-order valence-electron chi connectivity index (χ2n) is 4.98. The van der Waals surface area contributed by atoms with Gasteiger partial charge < -0.3 is 15.1 Å². The summed E-state index contributed by atoms with van der Waals surface area (Å²) in [6.07, 6.45) is 3.68. The summed E-state index contributed by atoms with van der Waals surface area (Å²) in [6, 6.07) is 5.94. The van der Waals surface area contributed by atoms with Crippen LogP contribution < -0.4 is 10.6 Å². The van der Waals surface area contributed by atoms with Crippen LogP contribution in [0.3, 0.4) is 0 Å². The Morgan fingerprint density at radius 1 is 1.40 bits per heavy atom. The molecule has 104 valence electrons. The van der Waals surface area contributed by atoms with E-state index in [9.17, 15) is 4.79 Å². The van der Waals surface area contributed by atoms with Gasteiger partial charge in [-0.1, -0.05) is 0 Å². The van der Waals surface area contributed by atoms with Crippen LogP contribution in [0, 0.1) is 0 Å². The Balaban J connectivity index is 1.93. The first-order chi connectivity index (χ1) is 9.69. The quantitative estimate of drug-likeness (QED) is 0.923. The Morgan fingerprint density at radius 3 is 3.05 bits per heavy atom. The number of anilines is 1. The molecule has 0 fully saturated rings. The average Bonchev–Trinajstić information content (AvgIpc) is 2.92. The lowest BCUT2D eigenvalue weighted by Crippen LogP contribution is -2.30. The van der Waals surface area contributed by atoms with Crippen LogP contribution in [-0.4, -0.2) is 24.5 Å². The van der Waals surface area contributed by atoms with E-state index in [0.29, 0.717) is 25.3 Å². The maximum atomic E-state index is 11.7. The Kier molecular flexibility index (Phi) is 3.28. The van der Waals surface area contributed by atoms with E-state index in [0.717, 1.165) is 28.9 Å². The fraction of sp³-hybridized carbons (Fsp3) is 0.333. The van der Waals surface area contributed by atoms with Gasteiger partial charge in [0.1, 0.15) is 6.26 Å². The highest BCUT2D eigenvalue weighted by molar-refractivity contribution is 5.96. The number of benzene rings is 1. The third kappa shape index (κ3) is 2.20. The topological polar surface area (TPSA) is 72.4 Å². The Labute approximate surface area is 117 Å². The van der Waals surface area contributed by atoms with Crippen LogP contribution in [0.25, 0.3) is 11.5 Å². The van der Waals surface area contributed by atoms with Crippen LogP contribution in [0.2, 0.25) is 0 Å². The van der Waals surface area contributed by atoms with Gasteiger partial charge in [0.15, 0.2) is 0 Å². The van der Waals surface area contributed by atoms with Gasteiger partial charge >= 0.3 is 0 Å². The molecule has 0 unspecified atom stereocenters. The monoisotopic (exact) mass is 271 g/mol. The predicted octanol–water partition coefficient (Wildman–Crippen LogP) is 1.75. The predicted molar refractivity (Wildman–Crippen MR) is 76.4 cm³/mol. The van der Waals surface area contributed by atoms with E-state index in [1.165, 1.54) is 0 Å². The van der Waals surface area contributed by atoms with Gasteiger partial charge in [0, 0.05) is 31.1 Å². The van der Waals surface area contributed by atoms with Gasteiger partial charge in [-0.2, -0.15) is 0 Å². The number of carbonyl (C=O) groups is 1. The van der Waals surface area contributed by atoms with Crippen LogP contribution in [0.15, 0.2) is 28.9 Å². The lowest BCUT2D eigenvalue weighted by atomic mass is 9.99. The summed E-state index contributed by atoms with van der Waals surface area (Å²) in [4.78, 5) is 17.8. The first-order valence-electron chi connectivity index (χ1n) is 6.73. The molecule has 1 aliphatic heterocycles. The van der Waals surface area contributed by atoms with Crippen molar-refractivity contribution in [2.45, 2.75) is 19.3 Å². The molecule has 0 atom stereocenters. The van der Waals surface area contributed by atoms with Crippen LogP contribution in [0.5, 0.6) is 0 Å². The van der Waals surface area contributed by atoms with E-state index >= 15 is 0 Å². The fourth-order valence-corrected chi connectivity index (χ4v) is 2.49. The number of nitrogens with zero attached hydrogens (tertiary/aromatic N) is 2. The van der Waals surface area contributed by atoms with Crippen LogP contribution in [0.4, 0.5) is 5.69 Å². The van der Waals surface area contributed by atoms with E-state index < -0.39 is 0 Å². The lowest BCUT2D eigenvalue weighted by Gasteiger charge is -2.25. The summed E-state index contributed by atoms with van der Waals surface area (Å²) >= 11 is 0. The highest BCUT2D eigenvalue weighted by atomic mass is 16.3. The highest BCUT2D eigenvalue weighted by Gasteiger charge is 2.21. The summed E-state index contributed by atoms with van der Waals surface area (Å²) in [6.45, 7) is 0.559. The minimum Gasteiger partial charge on any atom is -0.444 e. The van der Waals surface area contributed by atoms with Crippen molar-refractivity contribution in [2.75, 3.05) is 18.5 Å². The molecule has 1 aromatic carbocycles. The SMILES string of the molecule is CN1C(=O)CCc2cc(-c3nc(CCN)co3)ccc21. The van der Waals surface area contributed by atoms with E-state index in [2.05, 4.69) is 11.1 Å². The van der Waals surface area contributed by atoms with Crippen molar-refractivity contribution in [1.82, 2.24) is 4.98 Å². The molecule has 0 radical (unpaired) electrons. The van der Waals surface area contributed by atoms with Gasteiger partial charge in [-0.25, -0.2) is 4.98 Å². The average molecular weight is 271 g/mol. The minimum atomic E-state index is 0.159. The molecular formula is C15H17N3O2. The zero-order chi connectivity index (χ0) is 14.1. The van der Waals surface area contributed by atoms with Crippen molar-refractivity contribution in [1.29, 1.82) is 0 Å². The molecule has 0 spiro atoms. The van der Waals surface area contributed by atoms with E-state index in [-0.39, 0.29) is 5.91 Å². The Bertz CT molecular complexity index is 648. The normalized spacial score (nSPS) is 14.5. The number of amides is 1. The number of nitrogens with two attached hydrogens (primary N) is 1. The smallest absolute Gasteiger partial charge is 0.227 e. The number of aryl methyl sites for hydroxylation is 1. The number of oxazole rings is 1. The van der Waals surface area contributed by atoms with Crippen LogP contribution in [0.1, 0.15) is 17.7 Å². The van der Waals surface area contributed by atoms with Gasteiger partial charge in [-0.3, -0.25) is 4.79 Å². The summed E-state index contributed by atoms with van der Waals surface area (Å²) in [5.41, 5.74) is 9.44. The Morgan fingerprint density at radius 2 is 2.25 bits per heavy atom. The first kappa shape index (κ1) is 12.9. The molecule has 3 rings (SSSR count). The zero-order valence-corrected chi connectivity index (χ0v) is 11.4. The van der Waals surface area contributed by atoms with Crippen molar-refractivity contribution in [2.24, 2.45) is 5.73 Å². The molecule has 2 aromatic rings. The number of fused-ring (bicyclic) bond motifs is 1. The molecule has 1 aromatic heterocycles. The molecule has 1 aliphatic rings. The van der Waals surface area contributed by atoms with Crippen LogP contribution >= 0.6 is 0 Å². The van der Waals surface area contributed by atoms with Gasteiger partial charge in [0.2, 0.25) is 11.8 Å². The molecule has 1 amide bonds. The maximum absolute atomic E-state index is 11.7. The summed E-state index contributed by atoms with van der Waals surface area (Å²) in [7, 11) is 1.81. The standard InChI is InChI=1S/C15H17N3O2/c1-18-13-4-2-11(8-10(13)3-5-14(18)19)15-17-12(6-7-16)9-20-15/h2,4,8-9H,3,5-7,16H2,1H3. The summed E-state index contributed by atoms with van der Waals surface area (Å²) in [5, 5.41) is 0. The molecule has 0 saturated heterocycles. The second-order valence-corrected chi connectivity index (χ2v) is 4.98. The van der Waals surface area contributed by atoms with E-state index in [1.54, 1.807) is 11.2 Å². The number of aromatic nitrogens is 1. The van der Waals surface area contributed by atoms with Crippen molar-refractivity contribution in [3.8, 4) is 11.5 Å². The van der Waals surface area contributed by atoms with Gasteiger partial charge in [-0.15, -0.1) is 0 Å². The molecular weight excluding hydrogens is 254 g/mol. The van der Waals surface area contributed by atoms with E-state index in [1.807, 2.05) is 19.2 Å². The third-order valence-electron chi connectivity index (χ3n) is 3.62. The van der Waals surface area contributed by atoms with Gasteiger partial charge in [0.05, 0.1) is 5.69 Å². The highest BCUT2D eigenvalue weighted by Crippen LogP contribution is 2.31. The minimum absolute atomic E-state index is 0.159. The fourth-order valence-electron chi connectivity index (χ4n) is 2.49. The van der Waals surface area contributed by atoms with Crippen molar-refractivity contribution in [3.63, 3.8) is 0 Å². The van der Waals surface area contributed by atoms with Gasteiger partial charge in [-0.05, 0) is 36.7 Å². The first-order valence-corrected chi connectivity index (χ1v) is 6.73. The van der Waals surface area contributed by atoms with Crippen molar-refractivity contribution >= 4 is 11.6 Å². The Hall–Kier alpha value is -2.14. The molecule has 0 saturated carbocycles. The van der Waals surface area contributed by atoms with Gasteiger partial charge in [0.25, 0.3) is 0 Å². The number of carbonyl (C=O) groups excluding carboxylic acids is 1. The van der Waals surface area contributed by atoms with Crippen LogP contribution in [-0.2, 0) is 17.6 Å². The third-order valence-corrected chi connectivity index (χ3v) is 3.62. The summed E-state index contributed by atoms with van der Waals surface area (Å²) in [5.74, 6) is 0.766. The lowest BCUT2D eigenvalue weighted by molar-refractivity contribution is -0.118. The second kappa shape index (κ2) is 5.09. The number of rotatable bonds is 3. The maximum Gasteiger partial charge on any atom is 0.227 e. The summed E-state index contributed by atoms with van der Waals surface area (Å²) < 4.78 is 5.50. The molecule has 0 aliphatic carbocycles. The number of hydrogen-bond donors (Lipinski definition) is 1. The molecule has 20 heavy (non-hydrogen) atoms. The van der Waals surface area contributed by atoms with Crippen molar-refractivity contribution in [3.05, 3.63) is 35.7 Å². The number of hydrogen-bond acceptors (Lipinski definition) is 4. The molecule has 2 heterocycles. The van der Waals surface area contributed by atoms with Crippen molar-refractivity contribution < 1.29 is 9.21 Å². The van der Waals surface area contributed by atoms with E-state index in [4.69, 9.17) is 10.2 Å². The largest absolute Gasteiger partial charge is 0.444 e. The molecule has 5 nitrogen and oxygen atoms in total. The molecule has 2 N–H and O–H groups in total. The molecule has 5 heteroatoms.